The summed E-state index contributed by atoms with van der Waals surface area (Å²) in [6.07, 6.45) is -0.158. The summed E-state index contributed by atoms with van der Waals surface area (Å²) in [7, 11) is 0. The molecule has 7 nitrogen and oxygen atoms in total. The van der Waals surface area contributed by atoms with Crippen molar-refractivity contribution in [1.82, 2.24) is 29.6 Å². The zero-order chi connectivity index (χ0) is 17.4. The number of halogens is 1. The van der Waals surface area contributed by atoms with Crippen molar-refractivity contribution in [2.45, 2.75) is 33.0 Å². The van der Waals surface area contributed by atoms with Crippen molar-refractivity contribution >= 4 is 11.0 Å². The van der Waals surface area contributed by atoms with Crippen LogP contribution in [0.4, 0.5) is 4.39 Å². The average Bonchev–Trinajstić information content (AvgIpc) is 3.19. The molecule has 1 fully saturated rings. The molecule has 1 N–H and O–H groups in total. The zero-order valence-electron chi connectivity index (χ0n) is 14.4. The minimum absolute atomic E-state index is 0.158. The summed E-state index contributed by atoms with van der Waals surface area (Å²) in [5.41, 5.74) is 1.28. The summed E-state index contributed by atoms with van der Waals surface area (Å²) in [4.78, 5) is 11.2. The molecule has 1 aliphatic rings. The van der Waals surface area contributed by atoms with E-state index >= 15 is 0 Å². The van der Waals surface area contributed by atoms with Gasteiger partial charge in [-0.1, -0.05) is 6.07 Å². The number of rotatable bonds is 4. The number of H-pyrrole nitrogens is 1. The Morgan fingerprint density at radius 3 is 3.00 bits per heavy atom. The molecule has 0 saturated carbocycles. The number of aromatic nitrogens is 5. The van der Waals surface area contributed by atoms with Crippen LogP contribution in [0.15, 0.2) is 18.2 Å². The van der Waals surface area contributed by atoms with Gasteiger partial charge in [0.15, 0.2) is 11.6 Å². The largest absolute Gasteiger partial charge is 0.367 e. The number of morpholine rings is 1. The first-order valence-electron chi connectivity index (χ1n) is 8.52. The molecule has 4 rings (SSSR count). The molecule has 1 aliphatic heterocycles. The summed E-state index contributed by atoms with van der Waals surface area (Å²) < 4.78 is 21.9. The molecule has 3 heterocycles. The first-order chi connectivity index (χ1) is 12.2. The van der Waals surface area contributed by atoms with Crippen molar-refractivity contribution in [3.63, 3.8) is 0 Å². The van der Waals surface area contributed by atoms with Gasteiger partial charge in [0, 0.05) is 19.6 Å². The number of hydrogen-bond acceptors (Lipinski definition) is 5. The average molecular weight is 344 g/mol. The fourth-order valence-electron chi connectivity index (χ4n) is 3.34. The van der Waals surface area contributed by atoms with Crippen molar-refractivity contribution in [3.8, 4) is 0 Å². The Morgan fingerprint density at radius 2 is 2.24 bits per heavy atom. The van der Waals surface area contributed by atoms with Crippen molar-refractivity contribution in [3.05, 3.63) is 41.5 Å². The topological polar surface area (TPSA) is 71.9 Å². The molecular formula is C17H21FN6O. The van der Waals surface area contributed by atoms with E-state index in [1.54, 1.807) is 6.07 Å². The highest BCUT2D eigenvalue weighted by Gasteiger charge is 2.26. The highest BCUT2D eigenvalue weighted by molar-refractivity contribution is 5.76. The van der Waals surface area contributed by atoms with Gasteiger partial charge in [-0.25, -0.2) is 14.4 Å². The van der Waals surface area contributed by atoms with Crippen LogP contribution in [0.2, 0.25) is 0 Å². The summed E-state index contributed by atoms with van der Waals surface area (Å²) in [5.74, 6) is 2.05. The zero-order valence-corrected chi connectivity index (χ0v) is 14.4. The van der Waals surface area contributed by atoms with Crippen LogP contribution in [-0.4, -0.2) is 49.3 Å². The van der Waals surface area contributed by atoms with E-state index in [-0.39, 0.29) is 11.9 Å². The number of aromatic amines is 1. The minimum atomic E-state index is -0.276. The maximum atomic E-state index is 14.1. The first kappa shape index (κ1) is 16.2. The van der Waals surface area contributed by atoms with Crippen LogP contribution in [0.25, 0.3) is 11.0 Å². The van der Waals surface area contributed by atoms with Gasteiger partial charge in [-0.2, -0.15) is 5.10 Å². The molecule has 1 unspecified atom stereocenters. The van der Waals surface area contributed by atoms with Crippen LogP contribution in [0, 0.1) is 12.7 Å². The Bertz CT molecular complexity index is 889. The third-order valence-corrected chi connectivity index (χ3v) is 4.54. The molecule has 0 aliphatic carbocycles. The molecule has 8 heteroatoms. The third kappa shape index (κ3) is 3.03. The fraction of sp³-hybridized carbons (Fsp3) is 0.471. The lowest BCUT2D eigenvalue weighted by Crippen LogP contribution is -2.38. The van der Waals surface area contributed by atoms with Gasteiger partial charge >= 0.3 is 0 Å². The lowest BCUT2D eigenvalue weighted by Gasteiger charge is -2.31. The molecule has 25 heavy (non-hydrogen) atoms. The molecule has 1 aromatic carbocycles. The van der Waals surface area contributed by atoms with E-state index in [2.05, 4.69) is 29.6 Å². The van der Waals surface area contributed by atoms with Gasteiger partial charge in [-0.3, -0.25) is 10.00 Å². The van der Waals surface area contributed by atoms with Gasteiger partial charge in [-0.05, 0) is 26.0 Å². The number of para-hydroxylation sites is 1. The molecule has 132 valence electrons. The van der Waals surface area contributed by atoms with E-state index in [0.717, 1.165) is 30.3 Å². The number of benzene rings is 1. The van der Waals surface area contributed by atoms with Crippen molar-refractivity contribution in [2.75, 3.05) is 19.7 Å². The van der Waals surface area contributed by atoms with E-state index in [0.29, 0.717) is 31.0 Å². The van der Waals surface area contributed by atoms with Crippen LogP contribution < -0.4 is 0 Å². The number of aryl methyl sites for hydroxylation is 2. The molecule has 0 radical (unpaired) electrons. The second-order valence-electron chi connectivity index (χ2n) is 6.25. The van der Waals surface area contributed by atoms with Gasteiger partial charge in [0.2, 0.25) is 0 Å². The second-order valence-corrected chi connectivity index (χ2v) is 6.25. The van der Waals surface area contributed by atoms with Gasteiger partial charge < -0.3 is 9.30 Å². The summed E-state index contributed by atoms with van der Waals surface area (Å²) in [6.45, 7) is 7.42. The monoisotopic (exact) mass is 344 g/mol. The van der Waals surface area contributed by atoms with E-state index in [1.807, 2.05) is 19.9 Å². The molecule has 0 spiro atoms. The van der Waals surface area contributed by atoms with Crippen LogP contribution in [0.5, 0.6) is 0 Å². The Labute approximate surface area is 144 Å². The number of imidazole rings is 1. The van der Waals surface area contributed by atoms with Gasteiger partial charge in [0.25, 0.3) is 0 Å². The molecule has 2 aromatic heterocycles. The number of hydrogen-bond donors (Lipinski definition) is 1. The maximum absolute atomic E-state index is 14.1. The molecule has 3 aromatic rings. The normalized spacial score (nSPS) is 18.9. The summed E-state index contributed by atoms with van der Waals surface area (Å²) in [5, 5.41) is 7.06. The summed E-state index contributed by atoms with van der Waals surface area (Å²) >= 11 is 0. The number of ether oxygens (including phenoxy) is 1. The van der Waals surface area contributed by atoms with E-state index < -0.39 is 0 Å². The minimum Gasteiger partial charge on any atom is -0.367 e. The number of nitrogens with one attached hydrogen (secondary N) is 1. The molecule has 1 saturated heterocycles. The van der Waals surface area contributed by atoms with E-state index in [1.165, 1.54) is 6.07 Å². The van der Waals surface area contributed by atoms with Gasteiger partial charge in [0.05, 0.1) is 18.7 Å². The first-order valence-corrected chi connectivity index (χ1v) is 8.52. The molecule has 0 bridgehead atoms. The standard InChI is InChI=1S/C17H21FN6O/c1-3-24-13-6-4-5-12(18)16(13)20-15(24)10-23-7-8-25-14(9-23)17-19-11(2)21-22-17/h4-6,14H,3,7-10H2,1-2H3,(H,19,21,22). The number of nitrogens with zero attached hydrogens (tertiary/aromatic N) is 5. The van der Waals surface area contributed by atoms with Crippen LogP contribution in [0.1, 0.15) is 30.5 Å². The van der Waals surface area contributed by atoms with Crippen LogP contribution >= 0.6 is 0 Å². The van der Waals surface area contributed by atoms with Crippen molar-refractivity contribution in [2.24, 2.45) is 0 Å². The molecule has 1 atom stereocenters. The SMILES string of the molecule is CCn1c(CN2CCOC(c3n[nH]c(C)n3)C2)nc2c(F)cccc21. The Hall–Kier alpha value is -2.32. The van der Waals surface area contributed by atoms with Crippen LogP contribution in [0.3, 0.4) is 0 Å². The van der Waals surface area contributed by atoms with Gasteiger partial charge in [-0.15, -0.1) is 0 Å². The summed E-state index contributed by atoms with van der Waals surface area (Å²) in [6, 6.07) is 5.10. The maximum Gasteiger partial charge on any atom is 0.180 e. The highest BCUT2D eigenvalue weighted by Crippen LogP contribution is 2.23. The fourth-order valence-corrected chi connectivity index (χ4v) is 3.34. The smallest absolute Gasteiger partial charge is 0.180 e. The van der Waals surface area contributed by atoms with E-state index in [4.69, 9.17) is 4.74 Å². The van der Waals surface area contributed by atoms with E-state index in [9.17, 15) is 4.39 Å². The lowest BCUT2D eigenvalue weighted by molar-refractivity contribution is -0.0380. The molecular weight excluding hydrogens is 323 g/mol. The number of fused-ring (bicyclic) bond motifs is 1. The van der Waals surface area contributed by atoms with Crippen molar-refractivity contribution < 1.29 is 9.13 Å². The molecule has 0 amide bonds. The quantitative estimate of drug-likeness (QED) is 0.785. The predicted molar refractivity (Wildman–Crippen MR) is 90.5 cm³/mol. The third-order valence-electron chi connectivity index (χ3n) is 4.54. The Morgan fingerprint density at radius 1 is 1.36 bits per heavy atom. The van der Waals surface area contributed by atoms with Crippen molar-refractivity contribution in [1.29, 1.82) is 0 Å². The highest BCUT2D eigenvalue weighted by atomic mass is 19.1. The van der Waals surface area contributed by atoms with Gasteiger partial charge in [0.1, 0.15) is 23.3 Å². The lowest BCUT2D eigenvalue weighted by atomic mass is 10.2. The second kappa shape index (κ2) is 6.53. The Balaban J connectivity index is 1.57. The Kier molecular flexibility index (Phi) is 4.22. The predicted octanol–water partition coefficient (Wildman–Crippen LogP) is 2.20. The van der Waals surface area contributed by atoms with Crippen LogP contribution in [-0.2, 0) is 17.8 Å².